The summed E-state index contributed by atoms with van der Waals surface area (Å²) >= 11 is 0. The molecule has 1 aliphatic rings. The zero-order chi connectivity index (χ0) is 12.3. The lowest BCUT2D eigenvalue weighted by Crippen LogP contribution is -2.32. The molecule has 2 nitrogen and oxygen atoms in total. The first-order valence-electron chi connectivity index (χ1n) is 6.62. The van der Waals surface area contributed by atoms with E-state index in [0.29, 0.717) is 12.0 Å². The molecule has 0 amide bonds. The number of nitrogens with zero attached hydrogens (tertiary/aromatic N) is 1. The van der Waals surface area contributed by atoms with Crippen molar-refractivity contribution in [1.29, 1.82) is 0 Å². The fourth-order valence-corrected chi connectivity index (χ4v) is 2.80. The van der Waals surface area contributed by atoms with Crippen molar-refractivity contribution in [2.75, 3.05) is 7.05 Å². The molecule has 1 aromatic carbocycles. The van der Waals surface area contributed by atoms with Gasteiger partial charge in [-0.15, -0.1) is 0 Å². The molecule has 0 aromatic heterocycles. The summed E-state index contributed by atoms with van der Waals surface area (Å²) in [5.74, 6) is 0.457. The Morgan fingerprint density at radius 3 is 2.59 bits per heavy atom. The van der Waals surface area contributed by atoms with E-state index in [-0.39, 0.29) is 6.23 Å². The molecule has 94 valence electrons. The molecule has 1 heterocycles. The topological polar surface area (TPSA) is 23.5 Å². The van der Waals surface area contributed by atoms with Gasteiger partial charge >= 0.3 is 0 Å². The first-order chi connectivity index (χ1) is 8.18. The summed E-state index contributed by atoms with van der Waals surface area (Å²) in [5.41, 5.74) is 1.40. The van der Waals surface area contributed by atoms with Crippen molar-refractivity contribution in [2.24, 2.45) is 5.92 Å². The molecule has 0 aliphatic carbocycles. The Morgan fingerprint density at radius 2 is 2.00 bits per heavy atom. The monoisotopic (exact) mass is 233 g/mol. The van der Waals surface area contributed by atoms with Gasteiger partial charge in [-0.05, 0) is 51.1 Å². The number of aliphatic hydroxyl groups is 1. The third kappa shape index (κ3) is 3.08. The van der Waals surface area contributed by atoms with E-state index in [0.717, 1.165) is 19.3 Å². The molecule has 3 atom stereocenters. The van der Waals surface area contributed by atoms with Crippen molar-refractivity contribution in [2.45, 2.75) is 44.9 Å². The van der Waals surface area contributed by atoms with E-state index in [9.17, 15) is 5.11 Å². The van der Waals surface area contributed by atoms with Crippen LogP contribution in [0.2, 0.25) is 0 Å². The van der Waals surface area contributed by atoms with Crippen LogP contribution in [0.5, 0.6) is 0 Å². The van der Waals surface area contributed by atoms with Gasteiger partial charge in [0.1, 0.15) is 6.23 Å². The first-order valence-corrected chi connectivity index (χ1v) is 6.62. The van der Waals surface area contributed by atoms with Crippen molar-refractivity contribution in [3.05, 3.63) is 35.9 Å². The van der Waals surface area contributed by atoms with E-state index >= 15 is 0 Å². The van der Waals surface area contributed by atoms with Crippen molar-refractivity contribution < 1.29 is 5.11 Å². The smallest absolute Gasteiger partial charge is 0.110 e. The Bertz CT molecular complexity index is 338. The van der Waals surface area contributed by atoms with E-state index in [1.54, 1.807) is 0 Å². The fourth-order valence-electron chi connectivity index (χ4n) is 2.80. The van der Waals surface area contributed by atoms with Crippen LogP contribution in [-0.4, -0.2) is 29.3 Å². The zero-order valence-corrected chi connectivity index (χ0v) is 10.8. The predicted octanol–water partition coefficient (Wildman–Crippen LogP) is 2.67. The van der Waals surface area contributed by atoms with Crippen LogP contribution in [0.15, 0.2) is 30.3 Å². The maximum atomic E-state index is 10.1. The molecule has 0 saturated carbocycles. The highest BCUT2D eigenvalue weighted by atomic mass is 16.3. The molecular formula is C15H23NO. The minimum atomic E-state index is -0.235. The minimum absolute atomic E-state index is 0.235. The molecule has 17 heavy (non-hydrogen) atoms. The van der Waals surface area contributed by atoms with Crippen LogP contribution < -0.4 is 0 Å². The summed E-state index contributed by atoms with van der Waals surface area (Å²) in [4.78, 5) is 2.09. The molecule has 1 fully saturated rings. The Hall–Kier alpha value is -0.860. The lowest BCUT2D eigenvalue weighted by Gasteiger charge is -2.20. The Kier molecular flexibility index (Phi) is 4.19. The molecule has 2 heteroatoms. The Labute approximate surface area is 104 Å². The lowest BCUT2D eigenvalue weighted by molar-refractivity contribution is 0.0102. The molecule has 2 rings (SSSR count). The van der Waals surface area contributed by atoms with E-state index in [4.69, 9.17) is 0 Å². The van der Waals surface area contributed by atoms with Gasteiger partial charge in [0.25, 0.3) is 0 Å². The third-order valence-corrected chi connectivity index (χ3v) is 4.06. The SMILES string of the molecule is C[C@@H]1C[C@@H](CCCc2ccccc2)C(O)N1C. The maximum Gasteiger partial charge on any atom is 0.110 e. The summed E-state index contributed by atoms with van der Waals surface area (Å²) in [6.07, 6.45) is 4.33. The second-order valence-electron chi connectivity index (χ2n) is 5.30. The van der Waals surface area contributed by atoms with Crippen LogP contribution >= 0.6 is 0 Å². The highest BCUT2D eigenvalue weighted by Gasteiger charge is 2.34. The zero-order valence-electron chi connectivity index (χ0n) is 10.8. The number of aliphatic hydroxyl groups excluding tert-OH is 1. The highest BCUT2D eigenvalue weighted by Crippen LogP contribution is 2.30. The van der Waals surface area contributed by atoms with Gasteiger partial charge in [0.2, 0.25) is 0 Å². The molecule has 0 bridgehead atoms. The van der Waals surface area contributed by atoms with Crippen molar-refractivity contribution >= 4 is 0 Å². The highest BCUT2D eigenvalue weighted by molar-refractivity contribution is 5.14. The predicted molar refractivity (Wildman–Crippen MR) is 70.7 cm³/mol. The largest absolute Gasteiger partial charge is 0.378 e. The summed E-state index contributed by atoms with van der Waals surface area (Å²) < 4.78 is 0. The number of benzene rings is 1. The number of hydrogen-bond acceptors (Lipinski definition) is 2. The standard InChI is InChI=1S/C15H23NO/c1-12-11-14(15(17)16(12)2)10-6-9-13-7-4-3-5-8-13/h3-5,7-8,12,14-15,17H,6,9-11H2,1-2H3/t12-,14-,15?/m1/s1. The number of hydrogen-bond donors (Lipinski definition) is 1. The van der Waals surface area contributed by atoms with Crippen molar-refractivity contribution in [3.63, 3.8) is 0 Å². The van der Waals surface area contributed by atoms with Crippen LogP contribution in [0.3, 0.4) is 0 Å². The summed E-state index contributed by atoms with van der Waals surface area (Å²) in [6, 6.07) is 11.1. The molecule has 1 aromatic rings. The van der Waals surface area contributed by atoms with Crippen LogP contribution in [0.1, 0.15) is 31.7 Å². The van der Waals surface area contributed by atoms with E-state index in [2.05, 4.69) is 42.2 Å². The molecule has 1 N–H and O–H groups in total. The van der Waals surface area contributed by atoms with Crippen LogP contribution in [-0.2, 0) is 6.42 Å². The Balaban J connectivity index is 1.76. The molecule has 1 saturated heterocycles. The van der Waals surface area contributed by atoms with Crippen molar-refractivity contribution in [1.82, 2.24) is 4.90 Å². The summed E-state index contributed by atoms with van der Waals surface area (Å²) in [5, 5.41) is 10.1. The molecule has 0 radical (unpaired) electrons. The van der Waals surface area contributed by atoms with Gasteiger partial charge in [0, 0.05) is 6.04 Å². The van der Waals surface area contributed by atoms with Crippen molar-refractivity contribution in [3.8, 4) is 0 Å². The second kappa shape index (κ2) is 5.65. The van der Waals surface area contributed by atoms with Gasteiger partial charge in [-0.25, -0.2) is 0 Å². The second-order valence-corrected chi connectivity index (χ2v) is 5.30. The van der Waals surface area contributed by atoms with Crippen LogP contribution in [0.4, 0.5) is 0 Å². The lowest BCUT2D eigenvalue weighted by atomic mass is 9.96. The summed E-state index contributed by atoms with van der Waals surface area (Å²) in [6.45, 7) is 2.19. The maximum absolute atomic E-state index is 10.1. The Morgan fingerprint density at radius 1 is 1.29 bits per heavy atom. The average Bonchev–Trinajstić information content (AvgIpc) is 2.59. The van der Waals surface area contributed by atoms with Gasteiger partial charge in [-0.1, -0.05) is 30.3 Å². The molecular weight excluding hydrogens is 210 g/mol. The van der Waals surface area contributed by atoms with E-state index in [1.165, 1.54) is 12.0 Å². The third-order valence-electron chi connectivity index (χ3n) is 4.06. The van der Waals surface area contributed by atoms with E-state index in [1.807, 2.05) is 7.05 Å². The normalized spacial score (nSPS) is 29.7. The molecule has 0 spiro atoms. The fraction of sp³-hybridized carbons (Fsp3) is 0.600. The van der Waals surface area contributed by atoms with Gasteiger partial charge in [0.15, 0.2) is 0 Å². The first kappa shape index (κ1) is 12.6. The number of rotatable bonds is 4. The molecule has 1 unspecified atom stereocenters. The summed E-state index contributed by atoms with van der Waals surface area (Å²) in [7, 11) is 2.02. The number of aryl methyl sites for hydroxylation is 1. The van der Waals surface area contributed by atoms with Gasteiger partial charge in [-0.2, -0.15) is 0 Å². The quantitative estimate of drug-likeness (QED) is 0.864. The van der Waals surface area contributed by atoms with Crippen LogP contribution in [0, 0.1) is 5.92 Å². The van der Waals surface area contributed by atoms with E-state index < -0.39 is 0 Å². The van der Waals surface area contributed by atoms with Gasteiger partial charge < -0.3 is 5.11 Å². The van der Waals surface area contributed by atoms with Gasteiger partial charge in [0.05, 0.1) is 0 Å². The van der Waals surface area contributed by atoms with Gasteiger partial charge in [-0.3, -0.25) is 4.90 Å². The van der Waals surface area contributed by atoms with Crippen LogP contribution in [0.25, 0.3) is 0 Å². The average molecular weight is 233 g/mol. The minimum Gasteiger partial charge on any atom is -0.378 e. The molecule has 1 aliphatic heterocycles. The number of likely N-dealkylation sites (tertiary alicyclic amines) is 1.